The van der Waals surface area contributed by atoms with Gasteiger partial charge in [-0.25, -0.2) is 12.8 Å². The number of nitrogens with zero attached hydrogens (tertiary/aromatic N) is 2. The Morgan fingerprint density at radius 3 is 2.63 bits per heavy atom. The number of halogens is 2. The number of rotatable bonds is 3. The van der Waals surface area contributed by atoms with Gasteiger partial charge in [-0.3, -0.25) is 4.99 Å². The molecule has 2 aromatic rings. The summed E-state index contributed by atoms with van der Waals surface area (Å²) in [7, 11) is -3.00. The Morgan fingerprint density at radius 1 is 1.22 bits per heavy atom. The molecule has 1 fully saturated rings. The quantitative estimate of drug-likeness (QED) is 0.745. The van der Waals surface area contributed by atoms with Crippen molar-refractivity contribution in [2.24, 2.45) is 4.99 Å². The largest absolute Gasteiger partial charge is 0.317 e. The van der Waals surface area contributed by atoms with E-state index in [4.69, 9.17) is 16.6 Å². The molecule has 1 saturated heterocycles. The molecule has 4 nitrogen and oxygen atoms in total. The zero-order valence-corrected chi connectivity index (χ0v) is 17.0. The summed E-state index contributed by atoms with van der Waals surface area (Å²) in [5, 5.41) is 1.40. The third-order valence-corrected chi connectivity index (χ3v) is 8.41. The van der Waals surface area contributed by atoms with Crippen molar-refractivity contribution in [2.75, 3.05) is 16.4 Å². The molecule has 8 heteroatoms. The normalized spacial score (nSPS) is 23.1. The van der Waals surface area contributed by atoms with Crippen LogP contribution in [0.1, 0.15) is 11.1 Å². The molecule has 2 heterocycles. The zero-order chi connectivity index (χ0) is 19.2. The van der Waals surface area contributed by atoms with E-state index in [1.807, 2.05) is 30.0 Å². The standard InChI is InChI=1S/C19H18ClFN2O2S2/c1-12-2-7-15(8-16(12)20)23(9-13-3-5-14(21)6-4-13)19-22-17-10-27(24,25)11-18(17)26-19/h2-8,17-18H,9-11H2,1H3/t17-,18+/m0/s1. The van der Waals surface area contributed by atoms with Crippen LogP contribution in [-0.4, -0.2) is 36.4 Å². The fraction of sp³-hybridized carbons (Fsp3) is 0.316. The van der Waals surface area contributed by atoms with E-state index in [2.05, 4.69) is 0 Å². The summed E-state index contributed by atoms with van der Waals surface area (Å²) in [4.78, 5) is 6.72. The molecule has 0 spiro atoms. The molecule has 27 heavy (non-hydrogen) atoms. The topological polar surface area (TPSA) is 49.7 Å². The Kier molecular flexibility index (Phi) is 4.94. The van der Waals surface area contributed by atoms with Gasteiger partial charge in [0.25, 0.3) is 0 Å². The van der Waals surface area contributed by atoms with E-state index in [1.54, 1.807) is 12.1 Å². The maximum absolute atomic E-state index is 13.3. The van der Waals surface area contributed by atoms with E-state index in [1.165, 1.54) is 23.9 Å². The minimum atomic E-state index is -3.00. The van der Waals surface area contributed by atoms with Gasteiger partial charge in [0.1, 0.15) is 5.82 Å². The fourth-order valence-corrected chi connectivity index (χ4v) is 7.22. The summed E-state index contributed by atoms with van der Waals surface area (Å²) in [6, 6.07) is 11.9. The highest BCUT2D eigenvalue weighted by Crippen LogP contribution is 2.38. The summed E-state index contributed by atoms with van der Waals surface area (Å²) < 4.78 is 37.0. The molecule has 0 saturated carbocycles. The summed E-state index contributed by atoms with van der Waals surface area (Å²) in [5.74, 6) is -0.0160. The van der Waals surface area contributed by atoms with Crippen molar-refractivity contribution in [2.45, 2.75) is 24.8 Å². The molecule has 142 valence electrons. The van der Waals surface area contributed by atoms with Crippen LogP contribution in [0.25, 0.3) is 0 Å². The third-order valence-electron chi connectivity index (χ3n) is 4.76. The summed E-state index contributed by atoms with van der Waals surface area (Å²) in [6.45, 7) is 2.44. The van der Waals surface area contributed by atoms with E-state index in [0.29, 0.717) is 11.6 Å². The Bertz CT molecular complexity index is 1010. The first-order valence-corrected chi connectivity index (χ1v) is 11.6. The molecule has 0 bridgehead atoms. The minimum Gasteiger partial charge on any atom is -0.317 e. The maximum atomic E-state index is 13.3. The van der Waals surface area contributed by atoms with Gasteiger partial charge >= 0.3 is 0 Å². The number of hydrogen-bond donors (Lipinski definition) is 0. The van der Waals surface area contributed by atoms with Crippen LogP contribution in [0.3, 0.4) is 0 Å². The molecular weight excluding hydrogens is 407 g/mol. The van der Waals surface area contributed by atoms with Crippen molar-refractivity contribution in [3.8, 4) is 0 Å². The molecule has 0 aromatic heterocycles. The fourth-order valence-electron chi connectivity index (χ4n) is 3.26. The van der Waals surface area contributed by atoms with Gasteiger partial charge in [-0.05, 0) is 42.3 Å². The van der Waals surface area contributed by atoms with Gasteiger partial charge in [-0.2, -0.15) is 0 Å². The molecule has 2 aliphatic heterocycles. The van der Waals surface area contributed by atoms with Gasteiger partial charge in [-0.15, -0.1) is 0 Å². The smallest absolute Gasteiger partial charge is 0.164 e. The van der Waals surface area contributed by atoms with Crippen molar-refractivity contribution in [3.63, 3.8) is 0 Å². The lowest BCUT2D eigenvalue weighted by Crippen LogP contribution is -2.28. The number of hydrogen-bond acceptors (Lipinski definition) is 5. The second kappa shape index (κ2) is 7.11. The van der Waals surface area contributed by atoms with E-state index in [-0.39, 0.29) is 28.6 Å². The summed E-state index contributed by atoms with van der Waals surface area (Å²) >= 11 is 7.82. The van der Waals surface area contributed by atoms with Crippen LogP contribution in [0.15, 0.2) is 47.5 Å². The van der Waals surface area contributed by atoms with Crippen LogP contribution in [0, 0.1) is 12.7 Å². The molecule has 2 aromatic carbocycles. The number of benzene rings is 2. The van der Waals surface area contributed by atoms with Crippen LogP contribution in [0.2, 0.25) is 5.02 Å². The first kappa shape index (κ1) is 18.8. The van der Waals surface area contributed by atoms with Gasteiger partial charge < -0.3 is 4.90 Å². The lowest BCUT2D eigenvalue weighted by atomic mass is 10.1. The Labute approximate surface area is 167 Å². The predicted molar refractivity (Wildman–Crippen MR) is 110 cm³/mol. The number of thioether (sulfide) groups is 1. The molecule has 0 N–H and O–H groups in total. The van der Waals surface area contributed by atoms with Crippen molar-refractivity contribution < 1.29 is 12.8 Å². The average molecular weight is 425 g/mol. The Morgan fingerprint density at radius 2 is 1.96 bits per heavy atom. The number of anilines is 1. The second-order valence-corrected chi connectivity index (χ2v) is 10.6. The van der Waals surface area contributed by atoms with Gasteiger partial charge in [-0.1, -0.05) is 41.6 Å². The molecule has 0 radical (unpaired) electrons. The van der Waals surface area contributed by atoms with Gasteiger partial charge in [0.2, 0.25) is 0 Å². The number of amidine groups is 1. The highest BCUT2D eigenvalue weighted by Gasteiger charge is 2.44. The monoisotopic (exact) mass is 424 g/mol. The van der Waals surface area contributed by atoms with Crippen LogP contribution in [0.5, 0.6) is 0 Å². The first-order valence-electron chi connectivity index (χ1n) is 8.54. The molecule has 0 unspecified atom stereocenters. The van der Waals surface area contributed by atoms with Crippen molar-refractivity contribution in [1.29, 1.82) is 0 Å². The average Bonchev–Trinajstić information content (AvgIpc) is 3.10. The maximum Gasteiger partial charge on any atom is 0.164 e. The summed E-state index contributed by atoms with van der Waals surface area (Å²) in [6.07, 6.45) is 0. The third kappa shape index (κ3) is 4.00. The molecule has 0 aliphatic carbocycles. The van der Waals surface area contributed by atoms with Crippen LogP contribution in [-0.2, 0) is 16.4 Å². The van der Waals surface area contributed by atoms with E-state index in [0.717, 1.165) is 22.0 Å². The van der Waals surface area contributed by atoms with Gasteiger partial charge in [0.15, 0.2) is 15.0 Å². The molecular formula is C19H18ClFN2O2S2. The Balaban J connectivity index is 1.68. The van der Waals surface area contributed by atoms with Crippen LogP contribution < -0.4 is 4.90 Å². The lowest BCUT2D eigenvalue weighted by Gasteiger charge is -2.25. The number of fused-ring (bicyclic) bond motifs is 1. The molecule has 0 amide bonds. The van der Waals surface area contributed by atoms with E-state index < -0.39 is 9.84 Å². The highest BCUT2D eigenvalue weighted by atomic mass is 35.5. The molecule has 4 rings (SSSR count). The van der Waals surface area contributed by atoms with Gasteiger partial charge in [0, 0.05) is 16.0 Å². The Hall–Kier alpha value is -1.57. The van der Waals surface area contributed by atoms with Crippen molar-refractivity contribution in [1.82, 2.24) is 0 Å². The van der Waals surface area contributed by atoms with Crippen LogP contribution >= 0.6 is 23.4 Å². The van der Waals surface area contributed by atoms with Crippen molar-refractivity contribution in [3.05, 3.63) is 64.4 Å². The van der Waals surface area contributed by atoms with Gasteiger partial charge in [0.05, 0.1) is 24.1 Å². The lowest BCUT2D eigenvalue weighted by molar-refractivity contribution is 0.601. The number of aryl methyl sites for hydroxylation is 1. The van der Waals surface area contributed by atoms with E-state index >= 15 is 0 Å². The predicted octanol–water partition coefficient (Wildman–Crippen LogP) is 4.06. The summed E-state index contributed by atoms with van der Waals surface area (Å²) in [5.41, 5.74) is 2.79. The first-order chi connectivity index (χ1) is 12.8. The molecule has 2 atom stereocenters. The van der Waals surface area contributed by atoms with Crippen molar-refractivity contribution >= 4 is 44.1 Å². The zero-order valence-electron chi connectivity index (χ0n) is 14.6. The van der Waals surface area contributed by atoms with E-state index in [9.17, 15) is 12.8 Å². The SMILES string of the molecule is Cc1ccc(N(Cc2ccc(F)cc2)C2=N[C@H]3CS(=O)(=O)C[C@H]3S2)cc1Cl. The number of aliphatic imine (C=N–C) groups is 1. The minimum absolute atomic E-state index is 0.0401. The number of sulfone groups is 1. The second-order valence-electron chi connectivity index (χ2n) is 6.86. The van der Waals surface area contributed by atoms with Crippen LogP contribution in [0.4, 0.5) is 10.1 Å². The highest BCUT2D eigenvalue weighted by molar-refractivity contribution is 8.15. The molecule has 2 aliphatic rings.